The summed E-state index contributed by atoms with van der Waals surface area (Å²) in [4.78, 5) is 30.4. The van der Waals surface area contributed by atoms with Gasteiger partial charge in [-0.2, -0.15) is 0 Å². The van der Waals surface area contributed by atoms with Gasteiger partial charge < -0.3 is 19.7 Å². The number of piperidine rings is 1. The number of benzene rings is 1. The maximum atomic E-state index is 12.4. The van der Waals surface area contributed by atoms with Crippen LogP contribution in [0.3, 0.4) is 0 Å². The Hall–Kier alpha value is -2.67. The first kappa shape index (κ1) is 19.1. The number of amides is 2. The van der Waals surface area contributed by atoms with Crippen molar-refractivity contribution in [2.75, 3.05) is 40.0 Å². The van der Waals surface area contributed by atoms with Crippen molar-refractivity contribution in [2.24, 2.45) is 5.92 Å². The van der Waals surface area contributed by atoms with Crippen LogP contribution in [0.5, 0.6) is 5.75 Å². The zero-order valence-corrected chi connectivity index (χ0v) is 15.5. The molecule has 3 rings (SSSR count). The third-order valence-electron chi connectivity index (χ3n) is 4.67. The van der Waals surface area contributed by atoms with E-state index in [4.69, 9.17) is 9.47 Å². The summed E-state index contributed by atoms with van der Waals surface area (Å²) in [6.07, 6.45) is 3.35. The molecule has 1 aliphatic rings. The minimum Gasteiger partial charge on any atom is -0.489 e. The lowest BCUT2D eigenvalue weighted by molar-refractivity contribution is -0.138. The van der Waals surface area contributed by atoms with E-state index in [2.05, 4.69) is 10.3 Å². The number of hydrogen-bond acceptors (Lipinski definition) is 5. The number of methoxy groups -OCH3 is 1. The standard InChI is InChI=1S/C20H25N3O4/c1-26-14-18(24)23-11-4-7-16(13-23)20(25)22-10-12-27-17-8-2-5-15-6-3-9-21-19(15)17/h2-3,5-6,8-9,16H,4,7,10-14H2,1H3,(H,22,25)/t16-/m1/s1. The fraction of sp³-hybridized carbons (Fsp3) is 0.450. The lowest BCUT2D eigenvalue weighted by Gasteiger charge is -2.31. The lowest BCUT2D eigenvalue weighted by atomic mass is 9.97. The van der Waals surface area contributed by atoms with Gasteiger partial charge in [-0.15, -0.1) is 0 Å². The molecule has 7 nitrogen and oxygen atoms in total. The third-order valence-corrected chi connectivity index (χ3v) is 4.67. The second-order valence-corrected chi connectivity index (χ2v) is 6.58. The molecule has 2 heterocycles. The van der Waals surface area contributed by atoms with E-state index in [1.165, 1.54) is 7.11 Å². The quantitative estimate of drug-likeness (QED) is 0.748. The molecule has 1 saturated heterocycles. The number of para-hydroxylation sites is 1. The molecule has 27 heavy (non-hydrogen) atoms. The summed E-state index contributed by atoms with van der Waals surface area (Å²) in [5.74, 6) is 0.418. The molecule has 0 spiro atoms. The van der Waals surface area contributed by atoms with Crippen molar-refractivity contribution in [2.45, 2.75) is 12.8 Å². The molecule has 1 N–H and O–H groups in total. The van der Waals surface area contributed by atoms with Crippen LogP contribution in [0.2, 0.25) is 0 Å². The predicted molar refractivity (Wildman–Crippen MR) is 101 cm³/mol. The van der Waals surface area contributed by atoms with E-state index in [0.717, 1.165) is 23.7 Å². The van der Waals surface area contributed by atoms with Gasteiger partial charge in [0, 0.05) is 31.8 Å². The molecule has 0 radical (unpaired) electrons. The molecule has 1 fully saturated rings. The Morgan fingerprint density at radius 3 is 3.00 bits per heavy atom. The zero-order chi connectivity index (χ0) is 19.1. The van der Waals surface area contributed by atoms with Crippen LogP contribution in [-0.4, -0.2) is 61.7 Å². The topological polar surface area (TPSA) is 80.8 Å². The van der Waals surface area contributed by atoms with Gasteiger partial charge in [-0.1, -0.05) is 18.2 Å². The van der Waals surface area contributed by atoms with Gasteiger partial charge in [0.05, 0.1) is 12.5 Å². The maximum Gasteiger partial charge on any atom is 0.248 e. The van der Waals surface area contributed by atoms with Crippen molar-refractivity contribution in [3.8, 4) is 5.75 Å². The average Bonchev–Trinajstić information content (AvgIpc) is 2.71. The molecule has 0 bridgehead atoms. The van der Waals surface area contributed by atoms with Gasteiger partial charge >= 0.3 is 0 Å². The molecule has 0 aliphatic carbocycles. The number of carbonyl (C=O) groups excluding carboxylic acids is 2. The van der Waals surface area contributed by atoms with Crippen LogP contribution in [0.25, 0.3) is 10.9 Å². The van der Waals surface area contributed by atoms with Gasteiger partial charge in [0.25, 0.3) is 0 Å². The Bertz CT molecular complexity index is 790. The molecule has 7 heteroatoms. The van der Waals surface area contributed by atoms with Crippen molar-refractivity contribution in [3.63, 3.8) is 0 Å². The van der Waals surface area contributed by atoms with E-state index >= 15 is 0 Å². The van der Waals surface area contributed by atoms with Crippen molar-refractivity contribution >= 4 is 22.7 Å². The zero-order valence-electron chi connectivity index (χ0n) is 15.5. The van der Waals surface area contributed by atoms with Gasteiger partial charge in [0.15, 0.2) is 0 Å². The molecule has 2 aromatic rings. The first-order valence-electron chi connectivity index (χ1n) is 9.20. The van der Waals surface area contributed by atoms with E-state index in [-0.39, 0.29) is 24.3 Å². The summed E-state index contributed by atoms with van der Waals surface area (Å²) in [5, 5.41) is 3.92. The van der Waals surface area contributed by atoms with E-state index in [1.807, 2.05) is 30.3 Å². The van der Waals surface area contributed by atoms with Crippen LogP contribution >= 0.6 is 0 Å². The fourth-order valence-electron chi connectivity index (χ4n) is 3.30. The van der Waals surface area contributed by atoms with Gasteiger partial charge in [0.2, 0.25) is 11.8 Å². The Kier molecular flexibility index (Phi) is 6.59. The van der Waals surface area contributed by atoms with Gasteiger partial charge in [-0.3, -0.25) is 14.6 Å². The van der Waals surface area contributed by atoms with Crippen molar-refractivity contribution in [1.82, 2.24) is 15.2 Å². The number of nitrogens with zero attached hydrogens (tertiary/aromatic N) is 2. The summed E-state index contributed by atoms with van der Waals surface area (Å²) in [6, 6.07) is 9.65. The normalized spacial score (nSPS) is 16.9. The third kappa shape index (κ3) is 4.95. The molecule has 1 aromatic carbocycles. The van der Waals surface area contributed by atoms with Crippen molar-refractivity contribution in [1.29, 1.82) is 0 Å². The average molecular weight is 371 g/mol. The maximum absolute atomic E-state index is 12.4. The molecular formula is C20H25N3O4. The van der Waals surface area contributed by atoms with Crippen LogP contribution in [0.4, 0.5) is 0 Å². The fourth-order valence-corrected chi connectivity index (χ4v) is 3.30. The summed E-state index contributed by atoms with van der Waals surface area (Å²) in [7, 11) is 1.50. The second kappa shape index (κ2) is 9.32. The Morgan fingerprint density at radius 2 is 2.15 bits per heavy atom. The number of hydrogen-bond donors (Lipinski definition) is 1. The monoisotopic (exact) mass is 371 g/mol. The highest BCUT2D eigenvalue weighted by molar-refractivity contribution is 5.84. The second-order valence-electron chi connectivity index (χ2n) is 6.58. The van der Waals surface area contributed by atoms with Crippen LogP contribution < -0.4 is 10.1 Å². The Morgan fingerprint density at radius 1 is 1.30 bits per heavy atom. The minimum atomic E-state index is -0.182. The van der Waals surface area contributed by atoms with Gasteiger partial charge in [0.1, 0.15) is 24.5 Å². The van der Waals surface area contributed by atoms with Crippen LogP contribution in [0.15, 0.2) is 36.5 Å². The molecule has 1 atom stereocenters. The van der Waals surface area contributed by atoms with E-state index in [9.17, 15) is 9.59 Å². The number of aromatic nitrogens is 1. The Balaban J connectivity index is 1.46. The van der Waals surface area contributed by atoms with Crippen molar-refractivity contribution in [3.05, 3.63) is 36.5 Å². The summed E-state index contributed by atoms with van der Waals surface area (Å²) in [5.41, 5.74) is 0.811. The number of carbonyl (C=O) groups is 2. The number of fused-ring (bicyclic) bond motifs is 1. The molecule has 1 aliphatic heterocycles. The van der Waals surface area contributed by atoms with E-state index < -0.39 is 0 Å². The lowest BCUT2D eigenvalue weighted by Crippen LogP contribution is -2.47. The van der Waals surface area contributed by atoms with Crippen LogP contribution in [-0.2, 0) is 14.3 Å². The van der Waals surface area contributed by atoms with Crippen LogP contribution in [0, 0.1) is 5.92 Å². The Labute approximate surface area is 158 Å². The number of likely N-dealkylation sites (tertiary alicyclic amines) is 1. The smallest absolute Gasteiger partial charge is 0.248 e. The molecule has 0 saturated carbocycles. The highest BCUT2D eigenvalue weighted by atomic mass is 16.5. The number of rotatable bonds is 7. The summed E-state index contributed by atoms with van der Waals surface area (Å²) >= 11 is 0. The number of ether oxygens (including phenoxy) is 2. The largest absolute Gasteiger partial charge is 0.489 e. The summed E-state index contributed by atoms with van der Waals surface area (Å²) in [6.45, 7) is 1.96. The van der Waals surface area contributed by atoms with Gasteiger partial charge in [-0.25, -0.2) is 0 Å². The minimum absolute atomic E-state index is 0.0374. The molecule has 1 aromatic heterocycles. The van der Waals surface area contributed by atoms with Crippen molar-refractivity contribution < 1.29 is 19.1 Å². The van der Waals surface area contributed by atoms with Crippen LogP contribution in [0.1, 0.15) is 12.8 Å². The van der Waals surface area contributed by atoms with E-state index in [1.54, 1.807) is 11.1 Å². The predicted octanol–water partition coefficient (Wildman–Crippen LogP) is 1.61. The molecule has 0 unspecified atom stereocenters. The van der Waals surface area contributed by atoms with Gasteiger partial charge in [-0.05, 0) is 25.0 Å². The highest BCUT2D eigenvalue weighted by Crippen LogP contribution is 2.22. The molecule has 144 valence electrons. The number of nitrogens with one attached hydrogen (secondary N) is 1. The number of pyridine rings is 1. The molecular weight excluding hydrogens is 346 g/mol. The SMILES string of the molecule is COCC(=O)N1CCC[C@@H](C(=O)NCCOc2cccc3cccnc23)C1. The highest BCUT2D eigenvalue weighted by Gasteiger charge is 2.28. The summed E-state index contributed by atoms with van der Waals surface area (Å²) < 4.78 is 10.7. The first-order chi connectivity index (χ1) is 13.2. The van der Waals surface area contributed by atoms with E-state index in [0.29, 0.717) is 32.0 Å². The first-order valence-corrected chi connectivity index (χ1v) is 9.20. The molecule has 2 amide bonds.